The lowest BCUT2D eigenvalue weighted by Crippen LogP contribution is -2.47. The highest BCUT2D eigenvalue weighted by atomic mass is 16.1. The van der Waals surface area contributed by atoms with Crippen molar-refractivity contribution in [2.24, 2.45) is 5.92 Å². The van der Waals surface area contributed by atoms with Gasteiger partial charge in [0.2, 0.25) is 0 Å². The summed E-state index contributed by atoms with van der Waals surface area (Å²) >= 11 is 0. The monoisotopic (exact) mass is 284 g/mol. The van der Waals surface area contributed by atoms with E-state index in [0.29, 0.717) is 5.56 Å². The van der Waals surface area contributed by atoms with Gasteiger partial charge in [-0.05, 0) is 44.4 Å². The Labute approximate surface area is 123 Å². The molecule has 2 aromatic rings. The number of benzene rings is 1. The molecule has 5 nitrogen and oxygen atoms in total. The molecule has 3 atom stereocenters. The molecule has 1 amide bonds. The molecule has 4 rings (SSSR count). The van der Waals surface area contributed by atoms with Crippen LogP contribution in [0.15, 0.2) is 18.2 Å². The van der Waals surface area contributed by atoms with Gasteiger partial charge in [0.25, 0.3) is 5.91 Å². The van der Waals surface area contributed by atoms with Gasteiger partial charge in [0, 0.05) is 35.8 Å². The summed E-state index contributed by atoms with van der Waals surface area (Å²) in [6.45, 7) is 5.38. The number of carbonyl (C=O) groups excluding carboxylic acids is 1. The minimum atomic E-state index is 0.0186. The van der Waals surface area contributed by atoms with Gasteiger partial charge in [0.05, 0.1) is 5.52 Å². The number of aromatic amines is 1. The Hall–Kier alpha value is -1.88. The van der Waals surface area contributed by atoms with Crippen molar-refractivity contribution >= 4 is 16.8 Å². The summed E-state index contributed by atoms with van der Waals surface area (Å²) in [7, 11) is 0. The molecule has 21 heavy (non-hydrogen) atoms. The molecule has 2 fully saturated rings. The maximum Gasteiger partial charge on any atom is 0.251 e. The van der Waals surface area contributed by atoms with Gasteiger partial charge in [-0.25, -0.2) is 0 Å². The van der Waals surface area contributed by atoms with Gasteiger partial charge in [-0.1, -0.05) is 6.07 Å². The van der Waals surface area contributed by atoms with Crippen LogP contribution < -0.4 is 5.32 Å². The summed E-state index contributed by atoms with van der Waals surface area (Å²) in [6.07, 6.45) is 2.40. The highest BCUT2D eigenvalue weighted by molar-refractivity contribution is 5.98. The Morgan fingerprint density at radius 1 is 1.43 bits per heavy atom. The average Bonchev–Trinajstić information content (AvgIpc) is 3.02. The summed E-state index contributed by atoms with van der Waals surface area (Å²) < 4.78 is 0. The highest BCUT2D eigenvalue weighted by Gasteiger charge is 2.32. The predicted molar refractivity (Wildman–Crippen MR) is 81.2 cm³/mol. The smallest absolute Gasteiger partial charge is 0.251 e. The molecule has 2 bridgehead atoms. The molecule has 1 unspecified atom stereocenters. The number of nitrogens with zero attached hydrogens (tertiary/aromatic N) is 2. The maximum atomic E-state index is 12.4. The number of rotatable bonds is 2. The first-order valence-corrected chi connectivity index (χ1v) is 7.67. The highest BCUT2D eigenvalue weighted by Crippen LogP contribution is 2.27. The number of hydrogen-bond donors (Lipinski definition) is 2. The normalized spacial score (nSPS) is 28.0. The number of aryl methyl sites for hydroxylation is 1. The molecule has 2 aliphatic rings. The average molecular weight is 284 g/mol. The predicted octanol–water partition coefficient (Wildman–Crippen LogP) is 1.70. The molecular formula is C16H20N4O. The number of piperidine rings is 1. The van der Waals surface area contributed by atoms with Gasteiger partial charge in [-0.2, -0.15) is 5.10 Å². The fourth-order valence-corrected chi connectivity index (χ4v) is 3.72. The van der Waals surface area contributed by atoms with Crippen molar-refractivity contribution in [2.75, 3.05) is 19.6 Å². The van der Waals surface area contributed by atoms with Crippen molar-refractivity contribution in [3.63, 3.8) is 0 Å². The molecule has 110 valence electrons. The summed E-state index contributed by atoms with van der Waals surface area (Å²) in [5.41, 5.74) is 2.59. The summed E-state index contributed by atoms with van der Waals surface area (Å²) in [5.74, 6) is 0.783. The van der Waals surface area contributed by atoms with Gasteiger partial charge < -0.3 is 10.2 Å². The Kier molecular flexibility index (Phi) is 2.96. The second-order valence-corrected chi connectivity index (χ2v) is 6.40. The zero-order valence-corrected chi connectivity index (χ0v) is 12.2. The van der Waals surface area contributed by atoms with Crippen molar-refractivity contribution in [2.45, 2.75) is 25.8 Å². The van der Waals surface area contributed by atoms with E-state index in [1.807, 2.05) is 25.1 Å². The number of amides is 1. The van der Waals surface area contributed by atoms with Crippen molar-refractivity contribution in [1.29, 1.82) is 0 Å². The first kappa shape index (κ1) is 12.8. The second-order valence-electron chi connectivity index (χ2n) is 6.40. The van der Waals surface area contributed by atoms with Crippen molar-refractivity contribution in [3.8, 4) is 0 Å². The minimum absolute atomic E-state index is 0.0186. The largest absolute Gasteiger partial charge is 0.348 e. The number of H-pyrrole nitrogens is 1. The lowest BCUT2D eigenvalue weighted by molar-refractivity contribution is 0.0909. The Balaban J connectivity index is 1.50. The zero-order valence-electron chi connectivity index (χ0n) is 12.2. The lowest BCUT2D eigenvalue weighted by Gasteiger charge is -2.30. The summed E-state index contributed by atoms with van der Waals surface area (Å²) in [6, 6.07) is 6.01. The third-order valence-corrected chi connectivity index (χ3v) is 4.81. The van der Waals surface area contributed by atoms with Crippen LogP contribution >= 0.6 is 0 Å². The van der Waals surface area contributed by atoms with Crippen LogP contribution in [0.1, 0.15) is 28.9 Å². The maximum absolute atomic E-state index is 12.4. The fourth-order valence-electron chi connectivity index (χ4n) is 3.72. The Morgan fingerprint density at radius 2 is 2.33 bits per heavy atom. The number of aromatic nitrogens is 2. The molecule has 5 heteroatoms. The van der Waals surface area contributed by atoms with Crippen LogP contribution in [-0.2, 0) is 0 Å². The summed E-state index contributed by atoms with van der Waals surface area (Å²) in [5, 5.41) is 11.5. The molecule has 0 radical (unpaired) electrons. The molecule has 2 aliphatic heterocycles. The van der Waals surface area contributed by atoms with E-state index in [1.54, 1.807) is 0 Å². The molecule has 1 aromatic carbocycles. The molecule has 0 aliphatic carbocycles. The Bertz CT molecular complexity index is 681. The van der Waals surface area contributed by atoms with Crippen LogP contribution in [0.5, 0.6) is 0 Å². The summed E-state index contributed by atoms with van der Waals surface area (Å²) in [4.78, 5) is 14.9. The standard InChI is InChI=1S/C16H20N4O/c1-10-14-3-2-12(7-15(14)19-18-10)16(21)17-13-6-11-4-5-20(8-11)9-13/h2-3,7,11,13H,4-6,8-9H2,1H3,(H,17,21)(H,18,19)/t11-,13-/m1/s1. The van der Waals surface area contributed by atoms with E-state index >= 15 is 0 Å². The molecule has 0 spiro atoms. The topological polar surface area (TPSA) is 61.0 Å². The fraction of sp³-hybridized carbons (Fsp3) is 0.500. The molecule has 1 aromatic heterocycles. The van der Waals surface area contributed by atoms with E-state index in [4.69, 9.17) is 0 Å². The lowest BCUT2D eigenvalue weighted by atomic mass is 9.96. The quantitative estimate of drug-likeness (QED) is 0.882. The van der Waals surface area contributed by atoms with Crippen LogP contribution in [0.4, 0.5) is 0 Å². The first-order chi connectivity index (χ1) is 10.2. The SMILES string of the molecule is Cc1[nH]nc2cc(C(=O)N[C@@H]3C[C@H]4CCN(C4)C3)ccc12. The van der Waals surface area contributed by atoms with Crippen LogP contribution in [0.2, 0.25) is 0 Å². The molecule has 2 N–H and O–H groups in total. The Morgan fingerprint density at radius 3 is 3.19 bits per heavy atom. The van der Waals surface area contributed by atoms with E-state index in [1.165, 1.54) is 19.5 Å². The van der Waals surface area contributed by atoms with Crippen molar-refractivity contribution in [3.05, 3.63) is 29.5 Å². The van der Waals surface area contributed by atoms with Gasteiger partial charge in [0.1, 0.15) is 0 Å². The second kappa shape index (κ2) is 4.84. The van der Waals surface area contributed by atoms with E-state index in [0.717, 1.165) is 35.5 Å². The molecule has 0 saturated carbocycles. The van der Waals surface area contributed by atoms with Crippen LogP contribution in [-0.4, -0.2) is 46.7 Å². The first-order valence-electron chi connectivity index (χ1n) is 7.67. The van der Waals surface area contributed by atoms with Crippen LogP contribution in [0.3, 0.4) is 0 Å². The van der Waals surface area contributed by atoms with Gasteiger partial charge >= 0.3 is 0 Å². The minimum Gasteiger partial charge on any atom is -0.348 e. The third kappa shape index (κ3) is 2.31. The van der Waals surface area contributed by atoms with Gasteiger partial charge in [-0.3, -0.25) is 9.89 Å². The van der Waals surface area contributed by atoms with Gasteiger partial charge in [0.15, 0.2) is 0 Å². The third-order valence-electron chi connectivity index (χ3n) is 4.81. The molecule has 2 saturated heterocycles. The van der Waals surface area contributed by atoms with E-state index in [-0.39, 0.29) is 11.9 Å². The van der Waals surface area contributed by atoms with Crippen molar-refractivity contribution < 1.29 is 4.79 Å². The van der Waals surface area contributed by atoms with Crippen molar-refractivity contribution in [1.82, 2.24) is 20.4 Å². The number of fused-ring (bicyclic) bond motifs is 3. The van der Waals surface area contributed by atoms with Crippen LogP contribution in [0.25, 0.3) is 10.9 Å². The molecular weight excluding hydrogens is 264 g/mol. The van der Waals surface area contributed by atoms with E-state index in [2.05, 4.69) is 20.4 Å². The van der Waals surface area contributed by atoms with Crippen LogP contribution in [0, 0.1) is 12.8 Å². The van der Waals surface area contributed by atoms with E-state index < -0.39 is 0 Å². The number of nitrogens with one attached hydrogen (secondary N) is 2. The van der Waals surface area contributed by atoms with Gasteiger partial charge in [-0.15, -0.1) is 0 Å². The molecule has 3 heterocycles. The zero-order chi connectivity index (χ0) is 14.4. The van der Waals surface area contributed by atoms with E-state index in [9.17, 15) is 4.79 Å². The number of hydrogen-bond acceptors (Lipinski definition) is 3. The number of carbonyl (C=O) groups is 1.